The van der Waals surface area contributed by atoms with Crippen molar-refractivity contribution in [1.29, 1.82) is 0 Å². The van der Waals surface area contributed by atoms with E-state index in [1.807, 2.05) is 13.8 Å². The number of hydrogen-bond acceptors (Lipinski definition) is 0. The maximum absolute atomic E-state index is 2.22. The molecule has 0 aliphatic rings. The van der Waals surface area contributed by atoms with Crippen LogP contribution in [0.1, 0.15) is 61.3 Å². The molecule has 0 radical (unpaired) electrons. The number of rotatable bonds is 1. The molecule has 10 heavy (non-hydrogen) atoms. The molecule has 0 saturated carbocycles. The highest BCUT2D eigenvalue weighted by Gasteiger charge is 1.80. The Balaban J connectivity index is -0.0000000847. The van der Waals surface area contributed by atoms with Gasteiger partial charge in [0.15, 0.2) is 0 Å². The van der Waals surface area contributed by atoms with Crippen molar-refractivity contribution in [1.82, 2.24) is 0 Å². The quantitative estimate of drug-likeness (QED) is 0.511. The molecule has 0 amide bonds. The van der Waals surface area contributed by atoms with Crippen LogP contribution in [0.5, 0.6) is 0 Å². The molecule has 0 aromatic carbocycles. The van der Waals surface area contributed by atoms with Crippen molar-refractivity contribution in [2.75, 3.05) is 0 Å². The van der Waals surface area contributed by atoms with Crippen LogP contribution in [-0.2, 0) is 0 Å². The molecule has 0 aromatic rings. The normalized spacial score (nSPS) is 7.20. The summed E-state index contributed by atoms with van der Waals surface area (Å²) >= 11 is 0. The summed E-state index contributed by atoms with van der Waals surface area (Å²) in [6, 6.07) is 0. The molecule has 0 N–H and O–H groups in total. The summed E-state index contributed by atoms with van der Waals surface area (Å²) in [5.74, 6) is 0.884. The molecule has 0 nitrogen and oxygen atoms in total. The first-order valence-corrected chi connectivity index (χ1v) is 4.68. The second-order valence-electron chi connectivity index (χ2n) is 2.51. The van der Waals surface area contributed by atoms with E-state index in [4.69, 9.17) is 0 Å². The van der Waals surface area contributed by atoms with Crippen molar-refractivity contribution in [2.45, 2.75) is 61.3 Å². The highest BCUT2D eigenvalue weighted by Crippen LogP contribution is 1.93. The second-order valence-corrected chi connectivity index (χ2v) is 2.51. The van der Waals surface area contributed by atoms with Gasteiger partial charge in [0.05, 0.1) is 0 Å². The SMILES string of the molecule is CC.CCC.CCC(C)C. The lowest BCUT2D eigenvalue weighted by Crippen LogP contribution is -1.77. The van der Waals surface area contributed by atoms with Crippen molar-refractivity contribution in [3.8, 4) is 0 Å². The highest BCUT2D eigenvalue weighted by atomic mass is 13.9. The average Bonchev–Trinajstić information content (AvgIpc) is 1.94. The molecule has 0 saturated heterocycles. The van der Waals surface area contributed by atoms with Crippen LogP contribution in [0.4, 0.5) is 0 Å². The topological polar surface area (TPSA) is 0 Å². The standard InChI is InChI=1S/C5H12.C3H8.C2H6/c1-4-5(2)3;1-3-2;1-2/h5H,4H2,1-3H3;3H2,1-2H3;1-2H3. The second kappa shape index (κ2) is 23.0. The van der Waals surface area contributed by atoms with Crippen molar-refractivity contribution < 1.29 is 0 Å². The summed E-state index contributed by atoms with van der Waals surface area (Å²) in [7, 11) is 0. The molecule has 0 unspecified atom stereocenters. The van der Waals surface area contributed by atoms with Crippen LogP contribution in [0.3, 0.4) is 0 Å². The smallest absolute Gasteiger partial charge is 0.0474 e. The molecule has 0 heterocycles. The first-order valence-electron chi connectivity index (χ1n) is 4.68. The maximum Gasteiger partial charge on any atom is -0.0474 e. The minimum absolute atomic E-state index is 0.884. The predicted molar refractivity (Wildman–Crippen MR) is 52.4 cm³/mol. The minimum atomic E-state index is 0.884. The third-order valence-electron chi connectivity index (χ3n) is 0.816. The van der Waals surface area contributed by atoms with Gasteiger partial charge in [0.1, 0.15) is 0 Å². The van der Waals surface area contributed by atoms with Gasteiger partial charge >= 0.3 is 0 Å². The molecule has 0 aliphatic carbocycles. The highest BCUT2D eigenvalue weighted by molar-refractivity contribution is 4.32. The van der Waals surface area contributed by atoms with E-state index in [1.165, 1.54) is 12.8 Å². The monoisotopic (exact) mass is 146 g/mol. The van der Waals surface area contributed by atoms with Gasteiger partial charge in [-0.1, -0.05) is 61.3 Å². The first-order chi connectivity index (χ1) is 4.68. The van der Waals surface area contributed by atoms with E-state index in [1.54, 1.807) is 0 Å². The van der Waals surface area contributed by atoms with Gasteiger partial charge in [-0.15, -0.1) is 0 Å². The fourth-order valence-electron chi connectivity index (χ4n) is 0. The fraction of sp³-hybridized carbons (Fsp3) is 1.00. The average molecular weight is 146 g/mol. The van der Waals surface area contributed by atoms with E-state index in [0.29, 0.717) is 0 Å². The molecule has 0 fully saturated rings. The van der Waals surface area contributed by atoms with Gasteiger partial charge in [-0.25, -0.2) is 0 Å². The van der Waals surface area contributed by atoms with Gasteiger partial charge in [0, 0.05) is 0 Å². The van der Waals surface area contributed by atoms with Gasteiger partial charge in [0.25, 0.3) is 0 Å². The summed E-state index contributed by atoms with van der Waals surface area (Å²) < 4.78 is 0. The Kier molecular flexibility index (Phi) is 38.1. The molecular weight excluding hydrogens is 120 g/mol. The lowest BCUT2D eigenvalue weighted by atomic mass is 10.2. The third-order valence-corrected chi connectivity index (χ3v) is 0.816. The van der Waals surface area contributed by atoms with Crippen LogP contribution in [0.15, 0.2) is 0 Å². The third kappa shape index (κ3) is 98.0. The van der Waals surface area contributed by atoms with E-state index >= 15 is 0 Å². The molecule has 66 valence electrons. The predicted octanol–water partition coefficient (Wildman–Crippen LogP) is 4.49. The molecular formula is C10H26. The van der Waals surface area contributed by atoms with Crippen molar-refractivity contribution >= 4 is 0 Å². The zero-order valence-electron chi connectivity index (χ0n) is 8.99. The Hall–Kier alpha value is 0. The zero-order chi connectivity index (χ0) is 8.99. The van der Waals surface area contributed by atoms with E-state index < -0.39 is 0 Å². The molecule has 0 rings (SSSR count). The van der Waals surface area contributed by atoms with Crippen LogP contribution in [0.25, 0.3) is 0 Å². The van der Waals surface area contributed by atoms with Gasteiger partial charge in [-0.2, -0.15) is 0 Å². The van der Waals surface area contributed by atoms with Crippen LogP contribution in [-0.4, -0.2) is 0 Å². The van der Waals surface area contributed by atoms with Crippen molar-refractivity contribution in [2.24, 2.45) is 5.92 Å². The molecule has 0 atom stereocenters. The summed E-state index contributed by atoms with van der Waals surface area (Å²) in [5.41, 5.74) is 0. The Morgan fingerprint density at radius 1 is 0.900 bits per heavy atom. The van der Waals surface area contributed by atoms with Crippen LogP contribution in [0, 0.1) is 5.92 Å². The Bertz CT molecular complexity index is 21.2. The first kappa shape index (κ1) is 16.5. The Labute approximate surface area is 68.0 Å². The summed E-state index contributed by atoms with van der Waals surface area (Å²) in [4.78, 5) is 0. The van der Waals surface area contributed by atoms with Gasteiger partial charge in [-0.05, 0) is 5.92 Å². The van der Waals surface area contributed by atoms with Gasteiger partial charge in [-0.3, -0.25) is 0 Å². The molecule has 0 bridgehead atoms. The Morgan fingerprint density at radius 3 is 1.00 bits per heavy atom. The minimum Gasteiger partial charge on any atom is -0.0683 e. The Morgan fingerprint density at radius 2 is 1.00 bits per heavy atom. The van der Waals surface area contributed by atoms with Gasteiger partial charge < -0.3 is 0 Å². The molecule has 0 aliphatic heterocycles. The van der Waals surface area contributed by atoms with E-state index in [-0.39, 0.29) is 0 Å². The summed E-state index contributed by atoms with van der Waals surface area (Å²) in [6.45, 7) is 14.9. The van der Waals surface area contributed by atoms with Crippen LogP contribution < -0.4 is 0 Å². The molecule has 0 heteroatoms. The molecule has 0 spiro atoms. The summed E-state index contributed by atoms with van der Waals surface area (Å²) in [6.07, 6.45) is 2.56. The van der Waals surface area contributed by atoms with Crippen LogP contribution >= 0.6 is 0 Å². The lowest BCUT2D eigenvalue weighted by Gasteiger charge is -1.90. The van der Waals surface area contributed by atoms with E-state index in [9.17, 15) is 0 Å². The zero-order valence-corrected chi connectivity index (χ0v) is 8.99. The van der Waals surface area contributed by atoms with Crippen molar-refractivity contribution in [3.63, 3.8) is 0 Å². The number of hydrogen-bond donors (Lipinski definition) is 0. The van der Waals surface area contributed by atoms with Crippen LogP contribution in [0.2, 0.25) is 0 Å². The van der Waals surface area contributed by atoms with Crippen molar-refractivity contribution in [3.05, 3.63) is 0 Å². The van der Waals surface area contributed by atoms with Gasteiger partial charge in [0.2, 0.25) is 0 Å². The largest absolute Gasteiger partial charge is 0.0683 e. The maximum atomic E-state index is 2.22. The van der Waals surface area contributed by atoms with E-state index in [0.717, 1.165) is 5.92 Å². The summed E-state index contributed by atoms with van der Waals surface area (Å²) in [5, 5.41) is 0. The lowest BCUT2D eigenvalue weighted by molar-refractivity contribution is 0.626. The molecule has 0 aromatic heterocycles. The fourth-order valence-corrected chi connectivity index (χ4v) is 0. The van der Waals surface area contributed by atoms with E-state index in [2.05, 4.69) is 34.6 Å².